The van der Waals surface area contributed by atoms with E-state index in [0.29, 0.717) is 0 Å². The van der Waals surface area contributed by atoms with E-state index < -0.39 is 0 Å². The molecule has 6 heteroatoms. The molecule has 8 aromatic rings. The molecule has 0 amide bonds. The molecule has 4 heterocycles. The van der Waals surface area contributed by atoms with Crippen molar-refractivity contribution in [2.45, 2.75) is 0 Å². The van der Waals surface area contributed by atoms with Gasteiger partial charge in [-0.1, -0.05) is 47.9 Å². The molecule has 8 rings (SSSR count). The number of para-hydroxylation sites is 1. The van der Waals surface area contributed by atoms with Gasteiger partial charge in [0.05, 0.1) is 5.52 Å². The third-order valence-electron chi connectivity index (χ3n) is 7.16. The van der Waals surface area contributed by atoms with Gasteiger partial charge in [-0.2, -0.15) is 11.3 Å². The molecule has 0 aliphatic carbocycles. The second-order valence-corrected chi connectivity index (χ2v) is 10.6. The van der Waals surface area contributed by atoms with E-state index >= 15 is 0 Å². The van der Waals surface area contributed by atoms with Crippen molar-refractivity contribution >= 4 is 43.4 Å². The van der Waals surface area contributed by atoms with Crippen LogP contribution in [0, 0.1) is 12.1 Å². The second kappa shape index (κ2) is 10.5. The van der Waals surface area contributed by atoms with E-state index in [9.17, 15) is 0 Å². The number of thiazole rings is 1. The summed E-state index contributed by atoms with van der Waals surface area (Å²) < 4.78 is 3.39. The summed E-state index contributed by atoms with van der Waals surface area (Å²) >= 11 is 1.69. The van der Waals surface area contributed by atoms with Crippen LogP contribution in [0.15, 0.2) is 122 Å². The first-order valence-corrected chi connectivity index (χ1v) is 13.8. The molecule has 0 saturated heterocycles. The topological polar surface area (TPSA) is 43.6 Å². The van der Waals surface area contributed by atoms with Gasteiger partial charge in [-0.15, -0.1) is 53.6 Å². The van der Waals surface area contributed by atoms with Gasteiger partial charge in [0.1, 0.15) is 0 Å². The summed E-state index contributed by atoms with van der Waals surface area (Å²) in [5, 5.41) is 3.28. The third-order valence-corrected chi connectivity index (χ3v) is 8.23. The van der Waals surface area contributed by atoms with Crippen molar-refractivity contribution in [2.75, 3.05) is 0 Å². The number of hydrogen-bond donors (Lipinski definition) is 0. The summed E-state index contributed by atoms with van der Waals surface area (Å²) in [5.41, 5.74) is 9.07. The summed E-state index contributed by atoms with van der Waals surface area (Å²) in [6.07, 6.45) is 5.49. The molecule has 0 unspecified atom stereocenters. The molecule has 41 heavy (non-hydrogen) atoms. The number of pyridine rings is 2. The predicted octanol–water partition coefficient (Wildman–Crippen LogP) is 8.78. The fourth-order valence-electron chi connectivity index (χ4n) is 5.28. The maximum absolute atomic E-state index is 5.03. The average Bonchev–Trinajstić information content (AvgIpc) is 3.60. The standard InChI is InChI=1S/C35H20N4S.Pt/c1-2-12-32-28(10-1)29-15-13-25(35-38-31-20-23(14-16-34(31)40-35)26-8-6-17-36-22-26)21-33(29)39(32)27-9-5-7-24(19-27)30-11-3-4-18-37-30;/h1-18,20,22H;/q-2;+2. The molecule has 0 atom stereocenters. The van der Waals surface area contributed by atoms with Crippen molar-refractivity contribution < 1.29 is 21.1 Å². The second-order valence-electron chi connectivity index (χ2n) is 9.59. The zero-order chi connectivity index (χ0) is 26.5. The van der Waals surface area contributed by atoms with Gasteiger partial charge in [-0.25, -0.2) is 0 Å². The molecule has 0 saturated carbocycles. The van der Waals surface area contributed by atoms with Crippen molar-refractivity contribution in [1.29, 1.82) is 0 Å². The molecule has 4 aromatic heterocycles. The van der Waals surface area contributed by atoms with Gasteiger partial charge in [-0.05, 0) is 58.2 Å². The van der Waals surface area contributed by atoms with Gasteiger partial charge in [0, 0.05) is 39.4 Å². The molecule has 4 nitrogen and oxygen atoms in total. The number of aromatic nitrogens is 4. The summed E-state index contributed by atoms with van der Waals surface area (Å²) in [4.78, 5) is 13.8. The van der Waals surface area contributed by atoms with Crippen LogP contribution in [0.25, 0.3) is 70.7 Å². The maximum atomic E-state index is 5.03. The van der Waals surface area contributed by atoms with E-state index in [4.69, 9.17) is 4.98 Å². The van der Waals surface area contributed by atoms with Crippen LogP contribution in [-0.2, 0) is 21.1 Å². The summed E-state index contributed by atoms with van der Waals surface area (Å²) in [7, 11) is 0. The number of benzene rings is 4. The Hall–Kier alpha value is -4.44. The molecule has 0 radical (unpaired) electrons. The van der Waals surface area contributed by atoms with E-state index in [-0.39, 0.29) is 21.1 Å². The van der Waals surface area contributed by atoms with Gasteiger partial charge in [0.25, 0.3) is 0 Å². The quantitative estimate of drug-likeness (QED) is 0.171. The summed E-state index contributed by atoms with van der Waals surface area (Å²) in [6.45, 7) is 0. The molecule has 0 aliphatic rings. The Labute approximate surface area is 255 Å². The van der Waals surface area contributed by atoms with Gasteiger partial charge in [0.2, 0.25) is 0 Å². The monoisotopic (exact) mass is 723 g/mol. The molecule has 0 aliphatic heterocycles. The number of fused-ring (bicyclic) bond motifs is 4. The van der Waals surface area contributed by atoms with Gasteiger partial charge < -0.3 is 9.55 Å². The van der Waals surface area contributed by atoms with Crippen LogP contribution < -0.4 is 0 Å². The van der Waals surface area contributed by atoms with Crippen molar-refractivity contribution in [2.24, 2.45) is 0 Å². The molecular weight excluding hydrogens is 704 g/mol. The Morgan fingerprint density at radius 1 is 0.683 bits per heavy atom. The van der Waals surface area contributed by atoms with Crippen molar-refractivity contribution in [1.82, 2.24) is 19.5 Å². The first-order valence-electron chi connectivity index (χ1n) is 13.0. The minimum atomic E-state index is 0. The van der Waals surface area contributed by atoms with Crippen molar-refractivity contribution in [3.05, 3.63) is 134 Å². The molecule has 0 N–H and O–H groups in total. The number of rotatable bonds is 4. The van der Waals surface area contributed by atoms with Crippen molar-refractivity contribution in [3.8, 4) is 38.6 Å². The smallest absolute Gasteiger partial charge is 0.346 e. The molecule has 0 spiro atoms. The molecular formula is C35H20N4PtS. The van der Waals surface area contributed by atoms with E-state index in [1.165, 1.54) is 5.39 Å². The first-order chi connectivity index (χ1) is 19.8. The summed E-state index contributed by atoms with van der Waals surface area (Å²) in [6, 6.07) is 42.8. The van der Waals surface area contributed by atoms with E-state index in [1.807, 2.05) is 36.7 Å². The predicted molar refractivity (Wildman–Crippen MR) is 164 cm³/mol. The average molecular weight is 724 g/mol. The molecule has 196 valence electrons. The summed E-state index contributed by atoms with van der Waals surface area (Å²) in [5.74, 6) is 0. The Bertz CT molecular complexity index is 2170. The fraction of sp³-hybridized carbons (Fsp3) is 0. The largest absolute Gasteiger partial charge is 2.00 e. The zero-order valence-corrected chi connectivity index (χ0v) is 24.6. The molecule has 0 fully saturated rings. The van der Waals surface area contributed by atoms with Crippen LogP contribution in [-0.4, -0.2) is 19.5 Å². The van der Waals surface area contributed by atoms with Crippen LogP contribution in [0.2, 0.25) is 0 Å². The number of nitrogens with zero attached hydrogens (tertiary/aromatic N) is 4. The van der Waals surface area contributed by atoms with Crippen molar-refractivity contribution in [3.63, 3.8) is 0 Å². The normalized spacial score (nSPS) is 11.2. The van der Waals surface area contributed by atoms with Crippen LogP contribution in [0.5, 0.6) is 0 Å². The van der Waals surface area contributed by atoms with Gasteiger partial charge in [-0.3, -0.25) is 9.97 Å². The third kappa shape index (κ3) is 4.48. The fourth-order valence-corrected chi connectivity index (χ4v) is 6.21. The van der Waals surface area contributed by atoms with E-state index in [0.717, 1.165) is 65.3 Å². The van der Waals surface area contributed by atoms with Crippen LogP contribution >= 0.6 is 11.3 Å². The molecule has 0 bridgehead atoms. The van der Waals surface area contributed by atoms with E-state index in [1.54, 1.807) is 17.5 Å². The van der Waals surface area contributed by atoms with Gasteiger partial charge >= 0.3 is 21.1 Å². The van der Waals surface area contributed by atoms with Crippen LogP contribution in [0.4, 0.5) is 0 Å². The minimum absolute atomic E-state index is 0. The zero-order valence-electron chi connectivity index (χ0n) is 21.6. The number of hydrogen-bond acceptors (Lipinski definition) is 4. The minimum Gasteiger partial charge on any atom is -0.346 e. The first kappa shape index (κ1) is 25.5. The maximum Gasteiger partial charge on any atom is 2.00 e. The molecule has 4 aromatic carbocycles. The Morgan fingerprint density at radius 3 is 2.49 bits per heavy atom. The van der Waals surface area contributed by atoms with E-state index in [2.05, 4.69) is 106 Å². The SMILES string of the molecule is [Pt+2].[c-]1c(-c2ccccn2)cccc1-n1c2[c-]c(-c3nc4cc(-c5cccnc5)ccc4s3)ccc2c2ccccc21. The Balaban J connectivity index is 0.00000276. The van der Waals surface area contributed by atoms with Crippen LogP contribution in [0.3, 0.4) is 0 Å². The van der Waals surface area contributed by atoms with Crippen LogP contribution in [0.1, 0.15) is 0 Å². The van der Waals surface area contributed by atoms with Gasteiger partial charge in [0.15, 0.2) is 0 Å². The Morgan fingerprint density at radius 2 is 1.61 bits per heavy atom. The Kier molecular flexibility index (Phi) is 6.54.